The average Bonchev–Trinajstić information content (AvgIpc) is 3.38. The average molecular weight is 555 g/mol. The van der Waals surface area contributed by atoms with Gasteiger partial charge < -0.3 is 15.2 Å². The molecule has 1 aliphatic heterocycles. The van der Waals surface area contributed by atoms with Crippen LogP contribution in [-0.4, -0.2) is 49.8 Å². The van der Waals surface area contributed by atoms with Gasteiger partial charge in [0.2, 0.25) is 10.0 Å². The smallest absolute Gasteiger partial charge is 0.338 e. The summed E-state index contributed by atoms with van der Waals surface area (Å²) in [6, 6.07) is 3.05. The number of aliphatic hydroxyl groups is 1. The standard InChI is InChI=1S/C23H24ClFN4O5S2/c1-34-23(31)18-19(13-2-5-15(6-3-13)29-36(32,33)11-9-30)27-21(22-26-8-10-35-22)28-20(18)16-7-4-14(25)12-17(16)24/h4-5,7-8,10,12-13,20,29-30H,2-3,6,9,11H2,1H3,(H,27,28)/t13-,20?/m0/s1. The van der Waals surface area contributed by atoms with Gasteiger partial charge in [-0.1, -0.05) is 23.7 Å². The summed E-state index contributed by atoms with van der Waals surface area (Å²) in [4.78, 5) is 22.1. The quantitative estimate of drug-likeness (QED) is 0.428. The summed E-state index contributed by atoms with van der Waals surface area (Å²) in [5.41, 5.74) is 1.79. The molecule has 0 radical (unpaired) electrons. The predicted molar refractivity (Wildman–Crippen MR) is 134 cm³/mol. The summed E-state index contributed by atoms with van der Waals surface area (Å²) in [5, 5.41) is 14.7. The number of aliphatic hydroxyl groups excluding tert-OH is 1. The van der Waals surface area contributed by atoms with Gasteiger partial charge in [0, 0.05) is 39.5 Å². The van der Waals surface area contributed by atoms with E-state index in [9.17, 15) is 17.6 Å². The molecular weight excluding hydrogens is 531 g/mol. The second-order valence-corrected chi connectivity index (χ2v) is 11.3. The van der Waals surface area contributed by atoms with Crippen molar-refractivity contribution in [1.82, 2.24) is 15.0 Å². The molecule has 0 saturated heterocycles. The number of thiazole rings is 1. The first kappa shape index (κ1) is 26.3. The highest BCUT2D eigenvalue weighted by Crippen LogP contribution is 2.40. The van der Waals surface area contributed by atoms with Gasteiger partial charge in [0.25, 0.3) is 0 Å². The number of sulfonamides is 1. The minimum Gasteiger partial charge on any atom is -0.466 e. The number of esters is 1. The van der Waals surface area contributed by atoms with Crippen LogP contribution in [0.1, 0.15) is 35.9 Å². The van der Waals surface area contributed by atoms with Crippen molar-refractivity contribution in [3.8, 4) is 0 Å². The molecule has 0 amide bonds. The number of nitrogens with one attached hydrogen (secondary N) is 2. The van der Waals surface area contributed by atoms with E-state index in [1.54, 1.807) is 17.7 Å². The lowest BCUT2D eigenvalue weighted by molar-refractivity contribution is -0.136. The van der Waals surface area contributed by atoms with Crippen LogP contribution in [0.25, 0.3) is 0 Å². The number of benzene rings is 1. The zero-order chi connectivity index (χ0) is 25.9. The number of amidine groups is 1. The van der Waals surface area contributed by atoms with Crippen molar-refractivity contribution in [2.24, 2.45) is 10.9 Å². The van der Waals surface area contributed by atoms with Crippen LogP contribution in [0.15, 0.2) is 57.8 Å². The molecule has 1 aliphatic carbocycles. The molecule has 4 rings (SSSR count). The van der Waals surface area contributed by atoms with E-state index >= 15 is 0 Å². The molecule has 1 unspecified atom stereocenters. The zero-order valence-electron chi connectivity index (χ0n) is 19.2. The van der Waals surface area contributed by atoms with Crippen LogP contribution in [0.5, 0.6) is 0 Å². The Morgan fingerprint density at radius 3 is 2.83 bits per heavy atom. The lowest BCUT2D eigenvalue weighted by Crippen LogP contribution is -2.37. The van der Waals surface area contributed by atoms with Gasteiger partial charge in [0.15, 0.2) is 10.8 Å². The summed E-state index contributed by atoms with van der Waals surface area (Å²) in [6.07, 6.45) is 4.75. The molecule has 2 aliphatic rings. The fourth-order valence-electron chi connectivity index (χ4n) is 4.18. The maximum Gasteiger partial charge on any atom is 0.338 e. The minimum absolute atomic E-state index is 0.119. The number of rotatable bonds is 8. The van der Waals surface area contributed by atoms with Gasteiger partial charge in [0.1, 0.15) is 11.9 Å². The zero-order valence-corrected chi connectivity index (χ0v) is 21.6. The van der Waals surface area contributed by atoms with Crippen molar-refractivity contribution in [3.05, 3.63) is 74.2 Å². The first-order chi connectivity index (χ1) is 17.2. The van der Waals surface area contributed by atoms with Crippen LogP contribution in [-0.2, 0) is 19.6 Å². The Bertz CT molecular complexity index is 1340. The van der Waals surface area contributed by atoms with Crippen LogP contribution in [0.4, 0.5) is 4.39 Å². The topological polar surface area (TPSA) is 130 Å². The molecule has 2 aromatic rings. The van der Waals surface area contributed by atoms with Crippen molar-refractivity contribution in [2.75, 3.05) is 19.5 Å². The lowest BCUT2D eigenvalue weighted by Gasteiger charge is -2.32. The van der Waals surface area contributed by atoms with Crippen LogP contribution in [0.3, 0.4) is 0 Å². The Labute approximate surface area is 216 Å². The van der Waals surface area contributed by atoms with E-state index in [0.29, 0.717) is 47.1 Å². The van der Waals surface area contributed by atoms with Crippen molar-refractivity contribution in [2.45, 2.75) is 25.3 Å². The summed E-state index contributed by atoms with van der Waals surface area (Å²) in [6.45, 7) is -0.475. The monoisotopic (exact) mass is 554 g/mol. The van der Waals surface area contributed by atoms with Gasteiger partial charge in [0.05, 0.1) is 25.0 Å². The van der Waals surface area contributed by atoms with Crippen molar-refractivity contribution < 1.29 is 27.4 Å². The number of nitrogens with zero attached hydrogens (tertiary/aromatic N) is 2. The molecule has 0 fully saturated rings. The summed E-state index contributed by atoms with van der Waals surface area (Å²) < 4.78 is 45.5. The van der Waals surface area contributed by atoms with Crippen molar-refractivity contribution >= 4 is 44.8 Å². The molecule has 0 saturated carbocycles. The number of halogens is 2. The Hall–Kier alpha value is -2.80. The van der Waals surface area contributed by atoms with Gasteiger partial charge >= 0.3 is 5.97 Å². The Balaban J connectivity index is 1.75. The maximum absolute atomic E-state index is 13.8. The van der Waals surface area contributed by atoms with E-state index in [-0.39, 0.29) is 22.3 Å². The molecule has 1 aromatic carbocycles. The molecule has 0 bridgehead atoms. The van der Waals surface area contributed by atoms with Crippen LogP contribution in [0, 0.1) is 11.7 Å². The molecule has 2 atom stereocenters. The van der Waals surface area contributed by atoms with E-state index in [2.05, 4.69) is 15.0 Å². The number of hydrogen-bond acceptors (Lipinski definition) is 9. The van der Waals surface area contributed by atoms with Crippen molar-refractivity contribution in [1.29, 1.82) is 0 Å². The molecule has 36 heavy (non-hydrogen) atoms. The number of allylic oxidation sites excluding steroid dienone is 3. The maximum atomic E-state index is 13.8. The first-order valence-electron chi connectivity index (χ1n) is 11.0. The fraction of sp³-hybridized carbons (Fsp3) is 0.348. The third-order valence-electron chi connectivity index (χ3n) is 5.84. The third kappa shape index (κ3) is 5.77. The molecule has 2 heterocycles. The summed E-state index contributed by atoms with van der Waals surface area (Å²) in [7, 11) is -2.37. The highest BCUT2D eigenvalue weighted by molar-refractivity contribution is 7.89. The molecule has 13 heteroatoms. The summed E-state index contributed by atoms with van der Waals surface area (Å²) >= 11 is 7.74. The van der Waals surface area contributed by atoms with Gasteiger partial charge in [-0.05, 0) is 31.4 Å². The van der Waals surface area contributed by atoms with E-state index in [0.717, 1.165) is 0 Å². The Morgan fingerprint density at radius 2 is 2.22 bits per heavy atom. The molecule has 9 nitrogen and oxygen atoms in total. The van der Waals surface area contributed by atoms with E-state index in [1.807, 2.05) is 0 Å². The second-order valence-electron chi connectivity index (χ2n) is 8.17. The lowest BCUT2D eigenvalue weighted by atomic mass is 9.84. The van der Waals surface area contributed by atoms with Crippen LogP contribution >= 0.6 is 22.9 Å². The van der Waals surface area contributed by atoms with Gasteiger partial charge in [-0.25, -0.2) is 22.6 Å². The largest absolute Gasteiger partial charge is 0.466 e. The van der Waals surface area contributed by atoms with Crippen molar-refractivity contribution in [3.63, 3.8) is 0 Å². The van der Waals surface area contributed by atoms with E-state index in [4.69, 9.17) is 26.4 Å². The summed E-state index contributed by atoms with van der Waals surface area (Å²) in [5.74, 6) is -1.27. The fourth-order valence-corrected chi connectivity index (χ4v) is 5.96. The number of ether oxygens (including phenoxy) is 1. The highest BCUT2D eigenvalue weighted by Gasteiger charge is 2.37. The second kappa shape index (κ2) is 11.1. The number of hydrogen-bond donors (Lipinski definition) is 3. The minimum atomic E-state index is -3.63. The van der Waals surface area contributed by atoms with Crippen LogP contribution in [0.2, 0.25) is 5.02 Å². The van der Waals surface area contributed by atoms with Gasteiger partial charge in [-0.15, -0.1) is 11.3 Å². The number of carbonyl (C=O) groups excluding carboxylic acids is 1. The predicted octanol–water partition coefficient (Wildman–Crippen LogP) is 3.05. The molecular formula is C23H24ClFN4O5S2. The third-order valence-corrected chi connectivity index (χ3v) is 8.24. The number of methoxy groups -OCH3 is 1. The molecule has 192 valence electrons. The molecule has 0 spiro atoms. The van der Waals surface area contributed by atoms with Gasteiger partial charge in [-0.2, -0.15) is 0 Å². The number of carbonyl (C=O) groups is 1. The first-order valence-corrected chi connectivity index (χ1v) is 14.0. The SMILES string of the molecule is COC(=O)C1=C([C@H]2CC=C(NS(=O)(=O)CCO)CC2)NC(c2nccs2)=NC1c1ccc(F)cc1Cl. The Kier molecular flexibility index (Phi) is 8.08. The van der Waals surface area contributed by atoms with Crippen LogP contribution < -0.4 is 10.0 Å². The Morgan fingerprint density at radius 1 is 1.42 bits per heavy atom. The van der Waals surface area contributed by atoms with E-state index < -0.39 is 34.5 Å². The number of aromatic nitrogens is 1. The molecule has 1 aromatic heterocycles. The number of aliphatic imine (C=N–C) groups is 1. The highest BCUT2D eigenvalue weighted by atomic mass is 35.5. The normalized spacial score (nSPS) is 20.3. The van der Waals surface area contributed by atoms with E-state index in [1.165, 1.54) is 36.6 Å². The molecule has 3 N–H and O–H groups in total. The van der Waals surface area contributed by atoms with Gasteiger partial charge in [-0.3, -0.25) is 9.71 Å².